The molecule has 0 aliphatic carbocycles. The summed E-state index contributed by atoms with van der Waals surface area (Å²) in [5.41, 5.74) is 4.48. The van der Waals surface area contributed by atoms with E-state index in [0.717, 1.165) is 33.9 Å². The standard InChI is InChI=1S/C17H22BrN3/c1-6-19-17-15(10(2)3)12(5)20-16(21-17)13-8-7-11(4)9-14(13)18/h7-10H,6H2,1-5H3,(H,19,20,21). The zero-order valence-corrected chi connectivity index (χ0v) is 14.9. The molecule has 0 bridgehead atoms. The largest absolute Gasteiger partial charge is 0.370 e. The third-order valence-corrected chi connectivity index (χ3v) is 4.08. The van der Waals surface area contributed by atoms with E-state index < -0.39 is 0 Å². The van der Waals surface area contributed by atoms with E-state index in [0.29, 0.717) is 5.92 Å². The van der Waals surface area contributed by atoms with Crippen LogP contribution in [0.4, 0.5) is 5.82 Å². The highest BCUT2D eigenvalue weighted by Gasteiger charge is 2.16. The van der Waals surface area contributed by atoms with Crippen molar-refractivity contribution in [2.45, 2.75) is 40.5 Å². The van der Waals surface area contributed by atoms with Crippen molar-refractivity contribution in [3.8, 4) is 11.4 Å². The van der Waals surface area contributed by atoms with E-state index in [2.05, 4.69) is 74.1 Å². The predicted molar refractivity (Wildman–Crippen MR) is 92.9 cm³/mol. The van der Waals surface area contributed by atoms with Gasteiger partial charge in [0.25, 0.3) is 0 Å². The fourth-order valence-electron chi connectivity index (χ4n) is 2.50. The number of aromatic nitrogens is 2. The Morgan fingerprint density at radius 1 is 1.19 bits per heavy atom. The third kappa shape index (κ3) is 3.43. The van der Waals surface area contributed by atoms with Gasteiger partial charge in [-0.05, 0) is 44.4 Å². The van der Waals surface area contributed by atoms with Crippen molar-refractivity contribution in [1.82, 2.24) is 9.97 Å². The highest BCUT2D eigenvalue weighted by atomic mass is 79.9. The number of nitrogens with one attached hydrogen (secondary N) is 1. The normalized spacial score (nSPS) is 11.0. The predicted octanol–water partition coefficient (Wildman–Crippen LogP) is 5.08. The lowest BCUT2D eigenvalue weighted by molar-refractivity contribution is 0.831. The molecule has 0 unspecified atom stereocenters. The van der Waals surface area contributed by atoms with Gasteiger partial charge in [-0.25, -0.2) is 9.97 Å². The van der Waals surface area contributed by atoms with Gasteiger partial charge in [0.2, 0.25) is 0 Å². The van der Waals surface area contributed by atoms with Crippen molar-refractivity contribution in [2.24, 2.45) is 0 Å². The summed E-state index contributed by atoms with van der Waals surface area (Å²) in [6.45, 7) is 11.4. The van der Waals surface area contributed by atoms with Crippen molar-refractivity contribution in [3.05, 3.63) is 39.5 Å². The lowest BCUT2D eigenvalue weighted by Gasteiger charge is -2.17. The van der Waals surface area contributed by atoms with Crippen LogP contribution >= 0.6 is 15.9 Å². The molecular weight excluding hydrogens is 326 g/mol. The number of rotatable bonds is 4. The van der Waals surface area contributed by atoms with E-state index in [1.165, 1.54) is 11.1 Å². The molecule has 0 saturated heterocycles. The van der Waals surface area contributed by atoms with Gasteiger partial charge in [0.1, 0.15) is 5.82 Å². The van der Waals surface area contributed by atoms with Crippen LogP contribution < -0.4 is 5.32 Å². The number of hydrogen-bond donors (Lipinski definition) is 1. The van der Waals surface area contributed by atoms with Crippen LogP contribution in [0.5, 0.6) is 0 Å². The first-order chi connectivity index (χ1) is 9.93. The van der Waals surface area contributed by atoms with Gasteiger partial charge in [-0.1, -0.05) is 35.8 Å². The van der Waals surface area contributed by atoms with Crippen molar-refractivity contribution in [3.63, 3.8) is 0 Å². The molecule has 2 rings (SSSR count). The molecule has 0 aliphatic rings. The molecule has 1 aromatic heterocycles. The highest BCUT2D eigenvalue weighted by molar-refractivity contribution is 9.10. The second kappa shape index (κ2) is 6.56. The van der Waals surface area contributed by atoms with Crippen LogP contribution in [0, 0.1) is 13.8 Å². The molecule has 4 heteroatoms. The molecule has 0 saturated carbocycles. The molecule has 0 amide bonds. The maximum atomic E-state index is 4.75. The Morgan fingerprint density at radius 3 is 2.48 bits per heavy atom. The summed E-state index contributed by atoms with van der Waals surface area (Å²) < 4.78 is 1.03. The van der Waals surface area contributed by atoms with E-state index >= 15 is 0 Å². The molecule has 0 atom stereocenters. The van der Waals surface area contributed by atoms with Gasteiger partial charge in [0, 0.05) is 27.8 Å². The average Bonchev–Trinajstić information content (AvgIpc) is 2.37. The van der Waals surface area contributed by atoms with Crippen LogP contribution in [0.15, 0.2) is 22.7 Å². The zero-order valence-electron chi connectivity index (χ0n) is 13.3. The van der Waals surface area contributed by atoms with Crippen LogP contribution in [0.1, 0.15) is 43.5 Å². The third-order valence-electron chi connectivity index (χ3n) is 3.42. The van der Waals surface area contributed by atoms with Crippen LogP contribution in [0.3, 0.4) is 0 Å². The molecule has 0 aliphatic heterocycles. The monoisotopic (exact) mass is 347 g/mol. The highest BCUT2D eigenvalue weighted by Crippen LogP contribution is 2.31. The first-order valence-electron chi connectivity index (χ1n) is 7.33. The Balaban J connectivity index is 2.60. The lowest BCUT2D eigenvalue weighted by atomic mass is 10.0. The fraction of sp³-hybridized carbons (Fsp3) is 0.412. The number of benzene rings is 1. The second-order valence-electron chi connectivity index (χ2n) is 5.56. The van der Waals surface area contributed by atoms with Crippen molar-refractivity contribution >= 4 is 21.7 Å². The van der Waals surface area contributed by atoms with Crippen LogP contribution in [0.25, 0.3) is 11.4 Å². The Hall–Kier alpha value is -1.42. The number of halogens is 1. The number of anilines is 1. The molecule has 0 spiro atoms. The zero-order chi connectivity index (χ0) is 15.6. The lowest BCUT2D eigenvalue weighted by Crippen LogP contribution is -2.09. The minimum absolute atomic E-state index is 0.398. The first kappa shape index (κ1) is 16.0. The molecule has 1 heterocycles. The minimum Gasteiger partial charge on any atom is -0.370 e. The van der Waals surface area contributed by atoms with Crippen LogP contribution in [0.2, 0.25) is 0 Å². The van der Waals surface area contributed by atoms with Gasteiger partial charge in [-0.3, -0.25) is 0 Å². The molecule has 1 N–H and O–H groups in total. The van der Waals surface area contributed by atoms with Crippen molar-refractivity contribution in [1.29, 1.82) is 0 Å². The summed E-state index contributed by atoms with van der Waals surface area (Å²) in [7, 11) is 0. The van der Waals surface area contributed by atoms with E-state index in [-0.39, 0.29) is 0 Å². The van der Waals surface area contributed by atoms with E-state index in [1.54, 1.807) is 0 Å². The van der Waals surface area contributed by atoms with Gasteiger partial charge >= 0.3 is 0 Å². The van der Waals surface area contributed by atoms with Crippen LogP contribution in [-0.2, 0) is 0 Å². The van der Waals surface area contributed by atoms with Gasteiger partial charge in [-0.2, -0.15) is 0 Å². The number of aryl methyl sites for hydroxylation is 2. The molecule has 21 heavy (non-hydrogen) atoms. The van der Waals surface area contributed by atoms with Crippen molar-refractivity contribution < 1.29 is 0 Å². The Labute approximate surface area is 135 Å². The van der Waals surface area contributed by atoms with Gasteiger partial charge in [0.05, 0.1) is 0 Å². The Bertz CT molecular complexity index is 651. The summed E-state index contributed by atoms with van der Waals surface area (Å²) in [6.07, 6.45) is 0. The first-order valence-corrected chi connectivity index (χ1v) is 8.12. The summed E-state index contributed by atoms with van der Waals surface area (Å²) in [5, 5.41) is 3.37. The molecular formula is C17H22BrN3. The number of nitrogens with zero attached hydrogens (tertiary/aromatic N) is 2. The summed E-state index contributed by atoms with van der Waals surface area (Å²) >= 11 is 3.62. The van der Waals surface area contributed by atoms with Crippen molar-refractivity contribution in [2.75, 3.05) is 11.9 Å². The molecule has 0 radical (unpaired) electrons. The average molecular weight is 348 g/mol. The molecule has 1 aromatic carbocycles. The topological polar surface area (TPSA) is 37.8 Å². The minimum atomic E-state index is 0.398. The summed E-state index contributed by atoms with van der Waals surface area (Å²) in [5.74, 6) is 2.11. The molecule has 112 valence electrons. The summed E-state index contributed by atoms with van der Waals surface area (Å²) in [6, 6.07) is 6.25. The van der Waals surface area contributed by atoms with Gasteiger partial charge < -0.3 is 5.32 Å². The maximum Gasteiger partial charge on any atom is 0.162 e. The van der Waals surface area contributed by atoms with Gasteiger partial charge in [-0.15, -0.1) is 0 Å². The SMILES string of the molecule is CCNc1nc(-c2ccc(C)cc2Br)nc(C)c1C(C)C. The Morgan fingerprint density at radius 2 is 1.90 bits per heavy atom. The van der Waals surface area contributed by atoms with E-state index in [1.807, 2.05) is 0 Å². The second-order valence-corrected chi connectivity index (χ2v) is 6.42. The summed E-state index contributed by atoms with van der Waals surface area (Å²) in [4.78, 5) is 9.47. The number of hydrogen-bond acceptors (Lipinski definition) is 3. The molecule has 2 aromatic rings. The molecule has 3 nitrogen and oxygen atoms in total. The molecule has 0 fully saturated rings. The smallest absolute Gasteiger partial charge is 0.162 e. The van der Waals surface area contributed by atoms with E-state index in [4.69, 9.17) is 9.97 Å². The van der Waals surface area contributed by atoms with E-state index in [9.17, 15) is 0 Å². The quantitative estimate of drug-likeness (QED) is 0.837. The van der Waals surface area contributed by atoms with Crippen LogP contribution in [-0.4, -0.2) is 16.5 Å². The Kier molecular flexibility index (Phi) is 4.99. The van der Waals surface area contributed by atoms with Gasteiger partial charge in [0.15, 0.2) is 5.82 Å². The maximum absolute atomic E-state index is 4.75. The fourth-order valence-corrected chi connectivity index (χ4v) is 3.17.